The van der Waals surface area contributed by atoms with Gasteiger partial charge in [0.15, 0.2) is 17.4 Å². The summed E-state index contributed by atoms with van der Waals surface area (Å²) in [5, 5.41) is 18.5. The minimum Gasteiger partial charge on any atom is -0.383 e. The molecule has 224 valence electrons. The highest BCUT2D eigenvalue weighted by Gasteiger charge is 2.55. The molecule has 0 spiro atoms. The molecule has 9 nitrogen and oxygen atoms in total. The van der Waals surface area contributed by atoms with E-state index >= 15 is 0 Å². The lowest BCUT2D eigenvalue weighted by atomic mass is 9.84. The number of fused-ring (bicyclic) bond motifs is 3. The van der Waals surface area contributed by atoms with Crippen molar-refractivity contribution in [2.45, 2.75) is 74.6 Å². The molecular weight excluding hydrogens is 578 g/mol. The van der Waals surface area contributed by atoms with Gasteiger partial charge in [0.1, 0.15) is 21.9 Å². The van der Waals surface area contributed by atoms with Crippen LogP contribution in [0.2, 0.25) is 0 Å². The molecule has 2 saturated heterocycles. The number of nitrogens with one attached hydrogen (secondary N) is 1. The van der Waals surface area contributed by atoms with Crippen LogP contribution in [0.25, 0.3) is 11.3 Å². The predicted molar refractivity (Wildman–Crippen MR) is 153 cm³/mol. The zero-order valence-corrected chi connectivity index (χ0v) is 24.2. The first-order valence-electron chi connectivity index (χ1n) is 14.3. The SMILES string of the molecule is Cc1c(S(=O)(=O)N2C3CCC2CC(O)(c2cc(-c4ccccc4)on2)C3)c2n(c1C(=O)Nc1ccc(F)c(F)c1)CCC2. The van der Waals surface area contributed by atoms with E-state index < -0.39 is 45.2 Å². The van der Waals surface area contributed by atoms with Crippen molar-refractivity contribution in [3.63, 3.8) is 0 Å². The Balaban J connectivity index is 1.19. The second kappa shape index (κ2) is 10.1. The third kappa shape index (κ3) is 4.50. The number of amides is 1. The average Bonchev–Trinajstić information content (AvgIpc) is 3.75. The predicted octanol–water partition coefficient (Wildman–Crippen LogP) is 5.13. The number of hydrogen-bond donors (Lipinski definition) is 2. The standard InChI is InChI=1S/C31H30F2N4O5S/c1-18-28(30(38)34-20-9-12-23(32)24(33)14-20)36-13-5-8-25(36)29(18)43(40,41)37-21-10-11-22(37)17-31(39,16-21)27-15-26(42-35-27)19-6-3-2-4-7-19/h2-4,6-7,9,12,14-15,21-22,39H,5,8,10-11,13,16-17H2,1H3,(H,34,38). The number of sulfonamides is 1. The third-order valence-corrected chi connectivity index (χ3v) is 11.2. The second-order valence-electron chi connectivity index (χ2n) is 11.7. The van der Waals surface area contributed by atoms with Crippen LogP contribution in [0.4, 0.5) is 14.5 Å². The molecule has 43 heavy (non-hydrogen) atoms. The lowest BCUT2D eigenvalue weighted by molar-refractivity contribution is -0.0393. The summed E-state index contributed by atoms with van der Waals surface area (Å²) in [6.07, 6.45) is 2.68. The van der Waals surface area contributed by atoms with E-state index in [2.05, 4.69) is 10.5 Å². The first-order valence-corrected chi connectivity index (χ1v) is 15.8. The van der Waals surface area contributed by atoms with Crippen molar-refractivity contribution in [2.24, 2.45) is 0 Å². The molecule has 2 N–H and O–H groups in total. The van der Waals surface area contributed by atoms with Crippen molar-refractivity contribution < 1.29 is 31.6 Å². The molecule has 12 heteroatoms. The van der Waals surface area contributed by atoms with Crippen LogP contribution in [-0.4, -0.2) is 45.5 Å². The lowest BCUT2D eigenvalue weighted by Gasteiger charge is -2.42. The van der Waals surface area contributed by atoms with Crippen LogP contribution < -0.4 is 5.32 Å². The number of benzene rings is 2. The molecule has 7 rings (SSSR count). The van der Waals surface area contributed by atoms with Gasteiger partial charge in [-0.1, -0.05) is 35.5 Å². The quantitative estimate of drug-likeness (QED) is 0.313. The smallest absolute Gasteiger partial charge is 0.272 e. The Bertz CT molecular complexity index is 1840. The fraction of sp³-hybridized carbons (Fsp3) is 0.355. The first-order chi connectivity index (χ1) is 20.6. The maximum absolute atomic E-state index is 14.4. The molecule has 4 aromatic rings. The van der Waals surface area contributed by atoms with Crippen molar-refractivity contribution in [1.82, 2.24) is 14.0 Å². The highest BCUT2D eigenvalue weighted by Crippen LogP contribution is 2.49. The summed E-state index contributed by atoms with van der Waals surface area (Å²) in [4.78, 5) is 13.5. The van der Waals surface area contributed by atoms with Gasteiger partial charge < -0.3 is 19.5 Å². The van der Waals surface area contributed by atoms with Gasteiger partial charge in [-0.05, 0) is 57.6 Å². The van der Waals surface area contributed by atoms with E-state index in [-0.39, 0.29) is 29.1 Å². The number of halogens is 2. The molecule has 1 amide bonds. The van der Waals surface area contributed by atoms with Gasteiger partial charge in [-0.25, -0.2) is 17.2 Å². The van der Waals surface area contributed by atoms with Crippen molar-refractivity contribution in [3.8, 4) is 11.3 Å². The number of carbonyl (C=O) groups excluding carboxylic acids is 1. The normalized spacial score (nSPS) is 23.4. The number of hydrogen-bond acceptors (Lipinski definition) is 6. The summed E-state index contributed by atoms with van der Waals surface area (Å²) >= 11 is 0. The van der Waals surface area contributed by atoms with Crippen molar-refractivity contribution >= 4 is 21.6 Å². The molecule has 2 bridgehead atoms. The topological polar surface area (TPSA) is 118 Å². The summed E-state index contributed by atoms with van der Waals surface area (Å²) < 4.78 is 64.8. The molecule has 2 aromatic carbocycles. The number of rotatable bonds is 6. The molecular formula is C31H30F2N4O5S. The molecule has 2 unspecified atom stereocenters. The van der Waals surface area contributed by atoms with Crippen molar-refractivity contribution in [1.29, 1.82) is 0 Å². The lowest BCUT2D eigenvalue weighted by Crippen LogP contribution is -2.52. The van der Waals surface area contributed by atoms with Crippen LogP contribution in [-0.2, 0) is 28.6 Å². The number of aromatic nitrogens is 2. The summed E-state index contributed by atoms with van der Waals surface area (Å²) in [5.74, 6) is -2.19. The molecule has 3 aliphatic rings. The van der Waals surface area contributed by atoms with E-state index in [1.807, 2.05) is 30.3 Å². The number of aliphatic hydroxyl groups is 1. The molecule has 2 fully saturated rings. The van der Waals surface area contributed by atoms with E-state index in [1.165, 1.54) is 10.4 Å². The van der Waals surface area contributed by atoms with Gasteiger partial charge in [0, 0.05) is 53.3 Å². The van der Waals surface area contributed by atoms with Gasteiger partial charge in [0.25, 0.3) is 5.91 Å². The van der Waals surface area contributed by atoms with Crippen LogP contribution >= 0.6 is 0 Å². The molecule has 3 aliphatic heterocycles. The average molecular weight is 609 g/mol. The fourth-order valence-corrected chi connectivity index (χ4v) is 9.56. The molecule has 0 radical (unpaired) electrons. The zero-order valence-electron chi connectivity index (χ0n) is 23.4. The van der Waals surface area contributed by atoms with E-state index in [4.69, 9.17) is 4.52 Å². The molecule has 5 heterocycles. The maximum Gasteiger partial charge on any atom is 0.272 e. The van der Waals surface area contributed by atoms with E-state index in [0.717, 1.165) is 17.7 Å². The molecule has 2 aromatic heterocycles. The summed E-state index contributed by atoms with van der Waals surface area (Å²) in [7, 11) is -4.05. The number of piperidine rings is 1. The second-order valence-corrected chi connectivity index (χ2v) is 13.5. The molecule has 0 aliphatic carbocycles. The molecule has 2 atom stereocenters. The molecule has 0 saturated carbocycles. The Labute approximate surface area is 247 Å². The number of carbonyl (C=O) groups is 1. The van der Waals surface area contributed by atoms with Crippen LogP contribution in [0.5, 0.6) is 0 Å². The van der Waals surface area contributed by atoms with Gasteiger partial charge in [0.05, 0.1) is 0 Å². The monoisotopic (exact) mass is 608 g/mol. The summed E-state index contributed by atoms with van der Waals surface area (Å²) in [5.41, 5.74) is 1.01. The number of nitrogens with zero attached hydrogens (tertiary/aromatic N) is 3. The van der Waals surface area contributed by atoms with E-state index in [1.54, 1.807) is 17.6 Å². The summed E-state index contributed by atoms with van der Waals surface area (Å²) in [6, 6.07) is 13.3. The van der Waals surface area contributed by atoms with Crippen LogP contribution in [0.1, 0.15) is 59.5 Å². The third-order valence-electron chi connectivity index (χ3n) is 9.02. The highest BCUT2D eigenvalue weighted by atomic mass is 32.2. The van der Waals surface area contributed by atoms with Gasteiger partial charge in [-0.15, -0.1) is 0 Å². The number of anilines is 1. The van der Waals surface area contributed by atoms with Crippen molar-refractivity contribution in [3.05, 3.63) is 88.9 Å². The van der Waals surface area contributed by atoms with Crippen LogP contribution in [0.3, 0.4) is 0 Å². The Morgan fingerprint density at radius 2 is 1.79 bits per heavy atom. The fourth-order valence-electron chi connectivity index (χ4n) is 7.21. The van der Waals surface area contributed by atoms with E-state index in [9.17, 15) is 27.1 Å². The Hall–Kier alpha value is -3.87. The van der Waals surface area contributed by atoms with Gasteiger partial charge in [0.2, 0.25) is 10.0 Å². The Morgan fingerprint density at radius 1 is 1.07 bits per heavy atom. The summed E-state index contributed by atoms with van der Waals surface area (Å²) in [6.45, 7) is 2.08. The minimum atomic E-state index is -4.05. The van der Waals surface area contributed by atoms with Crippen LogP contribution in [0, 0.1) is 18.6 Å². The van der Waals surface area contributed by atoms with Gasteiger partial charge in [-0.3, -0.25) is 4.79 Å². The highest BCUT2D eigenvalue weighted by molar-refractivity contribution is 7.89. The first kappa shape index (κ1) is 27.9. The van der Waals surface area contributed by atoms with E-state index in [0.29, 0.717) is 54.9 Å². The maximum atomic E-state index is 14.4. The van der Waals surface area contributed by atoms with Crippen molar-refractivity contribution in [2.75, 3.05) is 5.32 Å². The Kier molecular flexibility index (Phi) is 6.56. The van der Waals surface area contributed by atoms with Gasteiger partial charge >= 0.3 is 0 Å². The Morgan fingerprint density at radius 3 is 2.49 bits per heavy atom. The largest absolute Gasteiger partial charge is 0.383 e. The minimum absolute atomic E-state index is 0.0675. The van der Waals surface area contributed by atoms with Crippen LogP contribution in [0.15, 0.2) is 64.0 Å². The zero-order chi connectivity index (χ0) is 30.1. The van der Waals surface area contributed by atoms with Gasteiger partial charge in [-0.2, -0.15) is 4.31 Å².